The molecule has 182 valence electrons. The van der Waals surface area contributed by atoms with E-state index in [9.17, 15) is 9.30 Å². The van der Waals surface area contributed by atoms with Crippen LogP contribution in [0.1, 0.15) is 50.4 Å². The summed E-state index contributed by atoms with van der Waals surface area (Å²) in [5.41, 5.74) is 7.54. The average molecular weight is 480 g/mol. The quantitative estimate of drug-likeness (QED) is 0.431. The number of aromatic nitrogens is 6. The SMILES string of the molecule is COc1cc2nc(N)n3nc([C@@H]4CCCN(c5cnn(C6CCC6(C)N=O)c5)C4)nc3c2cc1F. The van der Waals surface area contributed by atoms with Gasteiger partial charge < -0.3 is 15.4 Å². The number of fused-ring (bicyclic) bond motifs is 3. The fourth-order valence-corrected chi connectivity index (χ4v) is 5.28. The minimum absolute atomic E-state index is 0.00257. The highest BCUT2D eigenvalue weighted by molar-refractivity contribution is 5.93. The van der Waals surface area contributed by atoms with E-state index < -0.39 is 11.4 Å². The van der Waals surface area contributed by atoms with Crippen molar-refractivity contribution < 1.29 is 9.13 Å². The van der Waals surface area contributed by atoms with E-state index in [1.807, 2.05) is 24.0 Å². The number of ether oxygens (including phenoxy) is 1. The Morgan fingerprint density at radius 3 is 2.89 bits per heavy atom. The van der Waals surface area contributed by atoms with Crippen molar-refractivity contribution in [2.24, 2.45) is 5.18 Å². The van der Waals surface area contributed by atoms with Crippen molar-refractivity contribution in [1.82, 2.24) is 29.4 Å². The summed E-state index contributed by atoms with van der Waals surface area (Å²) in [6, 6.07) is 2.87. The number of nitrogens with zero attached hydrogens (tertiary/aromatic N) is 8. The van der Waals surface area contributed by atoms with Crippen LogP contribution < -0.4 is 15.4 Å². The largest absolute Gasteiger partial charge is 0.494 e. The molecular formula is C23H26FN9O2. The van der Waals surface area contributed by atoms with E-state index in [0.717, 1.165) is 37.9 Å². The lowest BCUT2D eigenvalue weighted by atomic mass is 9.74. The van der Waals surface area contributed by atoms with Crippen LogP contribution in [0.4, 0.5) is 16.0 Å². The molecule has 35 heavy (non-hydrogen) atoms. The summed E-state index contributed by atoms with van der Waals surface area (Å²) in [5.74, 6) is 0.502. The molecule has 1 saturated carbocycles. The van der Waals surface area contributed by atoms with Gasteiger partial charge in [-0.05, 0) is 38.7 Å². The summed E-state index contributed by atoms with van der Waals surface area (Å²) in [6.07, 6.45) is 7.40. The second-order valence-corrected chi connectivity index (χ2v) is 9.65. The van der Waals surface area contributed by atoms with Crippen molar-refractivity contribution in [1.29, 1.82) is 0 Å². The number of methoxy groups -OCH3 is 1. The standard InChI is InChI=1S/C23H26FN9O2/c1-23(30-34)6-5-19(23)32-12-14(10-26-32)31-7-3-4-13(11-31)20-28-21-15-8-16(24)18(35-2)9-17(15)27-22(25)33(21)29-20/h8-10,12-13,19H,3-7,11H2,1-2H3,(H2,25,27)/t13-,19?,23?/m1/s1. The van der Waals surface area contributed by atoms with Gasteiger partial charge in [0.2, 0.25) is 5.95 Å². The van der Waals surface area contributed by atoms with Gasteiger partial charge >= 0.3 is 0 Å². The molecule has 1 saturated heterocycles. The zero-order chi connectivity index (χ0) is 24.3. The minimum atomic E-state index is -0.589. The Morgan fingerprint density at radius 2 is 2.14 bits per heavy atom. The van der Waals surface area contributed by atoms with Crippen molar-refractivity contribution in [3.05, 3.63) is 41.1 Å². The summed E-state index contributed by atoms with van der Waals surface area (Å²) in [6.45, 7) is 3.48. The van der Waals surface area contributed by atoms with Crippen molar-refractivity contribution in [2.75, 3.05) is 30.8 Å². The van der Waals surface area contributed by atoms with Crippen LogP contribution in [-0.4, -0.2) is 55.1 Å². The lowest BCUT2D eigenvalue weighted by Gasteiger charge is -2.40. The number of benzene rings is 1. The van der Waals surface area contributed by atoms with Gasteiger partial charge in [0.05, 0.1) is 30.6 Å². The second kappa shape index (κ2) is 7.85. The lowest BCUT2D eigenvalue weighted by Crippen LogP contribution is -2.43. The smallest absolute Gasteiger partial charge is 0.223 e. The zero-order valence-corrected chi connectivity index (χ0v) is 19.6. The molecular weight excluding hydrogens is 453 g/mol. The monoisotopic (exact) mass is 479 g/mol. The van der Waals surface area contributed by atoms with Crippen LogP contribution in [0.15, 0.2) is 29.7 Å². The Balaban J connectivity index is 1.30. The minimum Gasteiger partial charge on any atom is -0.494 e. The number of halogens is 1. The highest BCUT2D eigenvalue weighted by Gasteiger charge is 2.46. The molecule has 4 aromatic rings. The summed E-state index contributed by atoms with van der Waals surface area (Å²) in [7, 11) is 1.41. The Labute approximate surface area is 200 Å². The number of hydrogen-bond donors (Lipinski definition) is 1. The van der Waals surface area contributed by atoms with E-state index in [4.69, 9.17) is 15.5 Å². The van der Waals surface area contributed by atoms with E-state index in [1.165, 1.54) is 23.8 Å². The van der Waals surface area contributed by atoms with E-state index in [1.54, 1.807) is 0 Å². The van der Waals surface area contributed by atoms with Crippen molar-refractivity contribution in [2.45, 2.75) is 50.1 Å². The van der Waals surface area contributed by atoms with Crippen LogP contribution in [0.5, 0.6) is 5.75 Å². The highest BCUT2D eigenvalue weighted by atomic mass is 19.1. The number of piperidine rings is 1. The summed E-state index contributed by atoms with van der Waals surface area (Å²) in [4.78, 5) is 22.7. The Hall–Kier alpha value is -3.83. The van der Waals surface area contributed by atoms with Crippen molar-refractivity contribution in [3.63, 3.8) is 0 Å². The molecule has 12 heteroatoms. The van der Waals surface area contributed by atoms with Gasteiger partial charge in [0.25, 0.3) is 0 Å². The summed E-state index contributed by atoms with van der Waals surface area (Å²) >= 11 is 0. The number of nitrogens with two attached hydrogens (primary N) is 1. The third-order valence-corrected chi connectivity index (χ3v) is 7.50. The van der Waals surface area contributed by atoms with E-state index in [-0.39, 0.29) is 23.7 Å². The topological polar surface area (TPSA) is 129 Å². The molecule has 0 radical (unpaired) electrons. The fourth-order valence-electron chi connectivity index (χ4n) is 5.28. The van der Waals surface area contributed by atoms with Gasteiger partial charge in [-0.3, -0.25) is 4.68 Å². The van der Waals surface area contributed by atoms with Crippen LogP contribution in [0, 0.1) is 10.7 Å². The molecule has 0 amide bonds. The van der Waals surface area contributed by atoms with Gasteiger partial charge in [0, 0.05) is 36.7 Å². The number of nitrogen functional groups attached to an aromatic ring is 1. The second-order valence-electron chi connectivity index (χ2n) is 9.65. The molecule has 0 spiro atoms. The molecule has 4 heterocycles. The molecule has 3 atom stereocenters. The van der Waals surface area contributed by atoms with E-state index >= 15 is 0 Å². The van der Waals surface area contributed by atoms with Gasteiger partial charge in [-0.2, -0.15) is 14.5 Å². The first-order valence-corrected chi connectivity index (χ1v) is 11.7. The maximum absolute atomic E-state index is 14.4. The highest BCUT2D eigenvalue weighted by Crippen LogP contribution is 2.45. The first kappa shape index (κ1) is 21.7. The van der Waals surface area contributed by atoms with Gasteiger partial charge in [-0.1, -0.05) is 5.18 Å². The van der Waals surface area contributed by atoms with Gasteiger partial charge in [0.1, 0.15) is 5.54 Å². The average Bonchev–Trinajstić information content (AvgIpc) is 3.52. The number of nitroso groups, excluding NO2 is 1. The third-order valence-electron chi connectivity index (χ3n) is 7.50. The van der Waals surface area contributed by atoms with Crippen molar-refractivity contribution >= 4 is 28.2 Å². The molecule has 0 bridgehead atoms. The van der Waals surface area contributed by atoms with Gasteiger partial charge in [-0.25, -0.2) is 14.4 Å². The lowest BCUT2D eigenvalue weighted by molar-refractivity contribution is 0.142. The molecule has 2 unspecified atom stereocenters. The molecule has 2 N–H and O–H groups in total. The summed E-state index contributed by atoms with van der Waals surface area (Å²) in [5, 5.41) is 13.0. The predicted molar refractivity (Wildman–Crippen MR) is 128 cm³/mol. The van der Waals surface area contributed by atoms with Crippen molar-refractivity contribution in [3.8, 4) is 5.75 Å². The van der Waals surface area contributed by atoms with E-state index in [0.29, 0.717) is 28.9 Å². The fraction of sp³-hybridized carbons (Fsp3) is 0.478. The molecule has 2 aliphatic rings. The van der Waals surface area contributed by atoms with Crippen LogP contribution in [-0.2, 0) is 0 Å². The predicted octanol–water partition coefficient (Wildman–Crippen LogP) is 3.45. The van der Waals surface area contributed by atoms with E-state index in [2.05, 4.69) is 25.3 Å². The molecule has 6 rings (SSSR count). The summed E-state index contributed by atoms with van der Waals surface area (Å²) < 4.78 is 22.8. The number of anilines is 2. The molecule has 1 aliphatic heterocycles. The molecule has 2 fully saturated rings. The van der Waals surface area contributed by atoms with Gasteiger partial charge in [0.15, 0.2) is 23.0 Å². The maximum atomic E-state index is 14.4. The van der Waals surface area contributed by atoms with Gasteiger partial charge in [-0.15, -0.1) is 5.10 Å². The number of hydrogen-bond acceptors (Lipinski definition) is 9. The number of rotatable bonds is 5. The van der Waals surface area contributed by atoms with Crippen LogP contribution in [0.2, 0.25) is 0 Å². The molecule has 3 aromatic heterocycles. The first-order valence-electron chi connectivity index (χ1n) is 11.7. The first-order chi connectivity index (χ1) is 16.9. The third kappa shape index (κ3) is 3.38. The molecule has 1 aromatic carbocycles. The Bertz CT molecular complexity index is 1450. The maximum Gasteiger partial charge on any atom is 0.223 e. The van der Waals surface area contributed by atoms with Crippen LogP contribution >= 0.6 is 0 Å². The van der Waals surface area contributed by atoms with Crippen LogP contribution in [0.3, 0.4) is 0 Å². The molecule has 1 aliphatic carbocycles. The normalized spacial score (nSPS) is 24.6. The van der Waals surface area contributed by atoms with Crippen LogP contribution in [0.25, 0.3) is 16.6 Å². The Kier molecular flexibility index (Phi) is 4.87. The molecule has 11 nitrogen and oxygen atoms in total. The Morgan fingerprint density at radius 1 is 1.29 bits per heavy atom. The zero-order valence-electron chi connectivity index (χ0n) is 19.6.